The molecular weight excluding hydrogens is 639 g/mol. The lowest BCUT2D eigenvalue weighted by Gasteiger charge is -2.25. The molecule has 0 spiro atoms. The van der Waals surface area contributed by atoms with Crippen molar-refractivity contribution in [1.82, 2.24) is 4.57 Å². The van der Waals surface area contributed by atoms with Gasteiger partial charge in [-0.15, -0.1) is 0 Å². The maximum Gasteiger partial charge on any atom is 0.338 e. The highest BCUT2D eigenvalue weighted by molar-refractivity contribution is 7.07. The van der Waals surface area contributed by atoms with E-state index in [-0.39, 0.29) is 24.3 Å². The van der Waals surface area contributed by atoms with E-state index in [1.165, 1.54) is 37.2 Å². The Morgan fingerprint density at radius 1 is 0.956 bits per heavy atom. The average molecular weight is 670 g/mol. The molecule has 1 atom stereocenters. The Morgan fingerprint density at radius 3 is 2.36 bits per heavy atom. The van der Waals surface area contributed by atoms with Crippen LogP contribution in [0.15, 0.2) is 75.7 Å². The Bertz CT molecular complexity index is 1980. The SMILES string of the molecule is CCOC(=O)C1=C(C)N=c2s/c(=C/c3ccc(OCc4ccc(Cl)cc4Cl)c(OC)c3)c(=O)n2C1c1ccc(OC)c(OC)c1. The van der Waals surface area contributed by atoms with Crippen LogP contribution in [-0.4, -0.2) is 38.5 Å². The quantitative estimate of drug-likeness (QED) is 0.200. The van der Waals surface area contributed by atoms with E-state index in [0.29, 0.717) is 59.2 Å². The number of aromatic nitrogens is 1. The first-order valence-electron chi connectivity index (χ1n) is 13.8. The van der Waals surface area contributed by atoms with Crippen molar-refractivity contribution >= 4 is 46.6 Å². The standard InChI is InChI=1S/C33H30Cl2N2O7S/c1-6-43-32(39)29-18(2)36-33-37(30(29)20-9-12-24(40-3)27(15-20)42-5)31(38)28(45-33)14-19-7-11-25(26(13-19)41-4)44-17-21-8-10-22(34)16-23(21)35/h7-16,30H,6,17H2,1-5H3/b28-14+. The third-order valence-corrected chi connectivity index (χ3v) is 8.69. The van der Waals surface area contributed by atoms with Gasteiger partial charge in [0.15, 0.2) is 27.8 Å². The van der Waals surface area contributed by atoms with Crippen molar-refractivity contribution in [2.45, 2.75) is 26.5 Å². The second-order valence-electron chi connectivity index (χ2n) is 9.85. The van der Waals surface area contributed by atoms with Gasteiger partial charge in [0.1, 0.15) is 6.61 Å². The summed E-state index contributed by atoms with van der Waals surface area (Å²) in [7, 11) is 4.60. The number of carbonyl (C=O) groups is 1. The molecule has 234 valence electrons. The van der Waals surface area contributed by atoms with Gasteiger partial charge >= 0.3 is 5.97 Å². The maximum atomic E-state index is 14.0. The summed E-state index contributed by atoms with van der Waals surface area (Å²) in [4.78, 5) is 32.3. The van der Waals surface area contributed by atoms with E-state index in [1.807, 2.05) is 6.07 Å². The molecule has 5 rings (SSSR count). The molecule has 0 N–H and O–H groups in total. The van der Waals surface area contributed by atoms with Gasteiger partial charge in [0.2, 0.25) is 0 Å². The number of nitrogens with zero attached hydrogens (tertiary/aromatic N) is 2. The van der Waals surface area contributed by atoms with Crippen LogP contribution in [0.2, 0.25) is 10.0 Å². The maximum absolute atomic E-state index is 14.0. The largest absolute Gasteiger partial charge is 0.493 e. The fourth-order valence-electron chi connectivity index (χ4n) is 4.97. The summed E-state index contributed by atoms with van der Waals surface area (Å²) < 4.78 is 29.8. The van der Waals surface area contributed by atoms with E-state index in [1.54, 1.807) is 68.5 Å². The van der Waals surface area contributed by atoms with Gasteiger partial charge in [-0.1, -0.05) is 52.7 Å². The average Bonchev–Trinajstić information content (AvgIpc) is 3.33. The molecule has 1 aliphatic heterocycles. The van der Waals surface area contributed by atoms with Crippen LogP contribution in [0.5, 0.6) is 23.0 Å². The number of halogens is 2. The molecule has 0 fully saturated rings. The van der Waals surface area contributed by atoms with Crippen molar-refractivity contribution in [2.24, 2.45) is 4.99 Å². The highest BCUT2D eigenvalue weighted by Crippen LogP contribution is 2.36. The molecule has 9 nitrogen and oxygen atoms in total. The van der Waals surface area contributed by atoms with Crippen molar-refractivity contribution in [2.75, 3.05) is 27.9 Å². The van der Waals surface area contributed by atoms with E-state index >= 15 is 0 Å². The van der Waals surface area contributed by atoms with Crippen LogP contribution in [0.4, 0.5) is 0 Å². The van der Waals surface area contributed by atoms with E-state index < -0.39 is 12.0 Å². The highest BCUT2D eigenvalue weighted by Gasteiger charge is 2.34. The fraction of sp³-hybridized carbons (Fsp3) is 0.242. The molecular formula is C33H30Cl2N2O7S. The smallest absolute Gasteiger partial charge is 0.338 e. The van der Waals surface area contributed by atoms with Crippen molar-refractivity contribution in [3.8, 4) is 23.0 Å². The van der Waals surface area contributed by atoms with Crippen LogP contribution in [0.3, 0.4) is 0 Å². The molecule has 1 aliphatic rings. The van der Waals surface area contributed by atoms with E-state index in [9.17, 15) is 9.59 Å². The molecule has 1 aromatic heterocycles. The van der Waals surface area contributed by atoms with Gasteiger partial charge in [-0.3, -0.25) is 9.36 Å². The van der Waals surface area contributed by atoms with Gasteiger partial charge < -0.3 is 23.7 Å². The minimum absolute atomic E-state index is 0.174. The third-order valence-electron chi connectivity index (χ3n) is 7.12. The number of esters is 1. The molecule has 45 heavy (non-hydrogen) atoms. The number of thiazole rings is 1. The molecule has 12 heteroatoms. The summed E-state index contributed by atoms with van der Waals surface area (Å²) in [6, 6.07) is 15.0. The van der Waals surface area contributed by atoms with Crippen LogP contribution in [0.1, 0.15) is 36.6 Å². The lowest BCUT2D eigenvalue weighted by atomic mass is 9.95. The monoisotopic (exact) mass is 668 g/mol. The van der Waals surface area contributed by atoms with Gasteiger partial charge in [0.25, 0.3) is 5.56 Å². The zero-order valence-electron chi connectivity index (χ0n) is 25.2. The second-order valence-corrected chi connectivity index (χ2v) is 11.7. The van der Waals surface area contributed by atoms with Crippen molar-refractivity contribution in [3.05, 3.63) is 112 Å². The number of benzene rings is 3. The number of fused-ring (bicyclic) bond motifs is 1. The Morgan fingerprint density at radius 2 is 1.67 bits per heavy atom. The van der Waals surface area contributed by atoms with E-state index in [0.717, 1.165) is 5.56 Å². The predicted molar refractivity (Wildman–Crippen MR) is 174 cm³/mol. The first kappa shape index (κ1) is 32.2. The normalized spacial score (nSPS) is 14.5. The third kappa shape index (κ3) is 6.58. The van der Waals surface area contributed by atoms with E-state index in [2.05, 4.69) is 4.99 Å². The molecule has 0 aliphatic carbocycles. The molecule has 2 heterocycles. The Kier molecular flexibility index (Phi) is 9.86. The molecule has 3 aromatic carbocycles. The van der Waals surface area contributed by atoms with Crippen LogP contribution >= 0.6 is 34.5 Å². The number of hydrogen-bond acceptors (Lipinski definition) is 9. The van der Waals surface area contributed by atoms with Gasteiger partial charge in [-0.25, -0.2) is 9.79 Å². The van der Waals surface area contributed by atoms with Crippen LogP contribution in [0.25, 0.3) is 6.08 Å². The Balaban J connectivity index is 1.56. The summed E-state index contributed by atoms with van der Waals surface area (Å²) in [5.41, 5.74) is 2.54. The number of carbonyl (C=O) groups excluding carboxylic acids is 1. The zero-order chi connectivity index (χ0) is 32.2. The predicted octanol–water partition coefficient (Wildman–Crippen LogP) is 5.71. The summed E-state index contributed by atoms with van der Waals surface area (Å²) >= 11 is 13.5. The first-order chi connectivity index (χ1) is 21.7. The molecule has 1 unspecified atom stereocenters. The number of hydrogen-bond donors (Lipinski definition) is 0. The van der Waals surface area contributed by atoms with Crippen LogP contribution < -0.4 is 33.8 Å². The number of methoxy groups -OCH3 is 3. The Labute approximate surface area is 273 Å². The zero-order valence-corrected chi connectivity index (χ0v) is 27.5. The second kappa shape index (κ2) is 13.8. The first-order valence-corrected chi connectivity index (χ1v) is 15.4. The lowest BCUT2D eigenvalue weighted by Crippen LogP contribution is -2.39. The summed E-state index contributed by atoms with van der Waals surface area (Å²) in [5, 5.41) is 1.04. The van der Waals surface area contributed by atoms with Gasteiger partial charge in [-0.2, -0.15) is 0 Å². The topological polar surface area (TPSA) is 97.6 Å². The van der Waals surface area contributed by atoms with Crippen molar-refractivity contribution in [3.63, 3.8) is 0 Å². The van der Waals surface area contributed by atoms with Crippen LogP contribution in [0, 0.1) is 0 Å². The van der Waals surface area contributed by atoms with Crippen molar-refractivity contribution < 1.29 is 28.5 Å². The number of allylic oxidation sites excluding steroid dienone is 1. The minimum Gasteiger partial charge on any atom is -0.493 e. The Hall–Kier alpha value is -4.25. The molecule has 0 saturated carbocycles. The van der Waals surface area contributed by atoms with Crippen molar-refractivity contribution in [1.29, 1.82) is 0 Å². The molecule has 0 amide bonds. The fourth-order valence-corrected chi connectivity index (χ4v) is 6.48. The number of ether oxygens (including phenoxy) is 5. The van der Waals surface area contributed by atoms with E-state index in [4.69, 9.17) is 46.9 Å². The molecule has 0 radical (unpaired) electrons. The minimum atomic E-state index is -0.799. The molecule has 0 saturated heterocycles. The summed E-state index contributed by atoms with van der Waals surface area (Å²) in [6.07, 6.45) is 1.75. The summed E-state index contributed by atoms with van der Waals surface area (Å²) in [6.45, 7) is 3.85. The van der Waals surface area contributed by atoms with Gasteiger partial charge in [0.05, 0.1) is 49.8 Å². The highest BCUT2D eigenvalue weighted by atomic mass is 35.5. The lowest BCUT2D eigenvalue weighted by molar-refractivity contribution is -0.139. The van der Waals surface area contributed by atoms with Gasteiger partial charge in [-0.05, 0) is 67.4 Å². The summed E-state index contributed by atoms with van der Waals surface area (Å²) in [5.74, 6) is 1.41. The molecule has 0 bridgehead atoms. The van der Waals surface area contributed by atoms with Gasteiger partial charge in [0, 0.05) is 15.6 Å². The number of rotatable bonds is 10. The van der Waals surface area contributed by atoms with Crippen LogP contribution in [-0.2, 0) is 16.1 Å². The molecule has 4 aromatic rings.